The second-order valence-corrected chi connectivity index (χ2v) is 7.86. The molecule has 1 aromatic carbocycles. The lowest BCUT2D eigenvalue weighted by molar-refractivity contribution is -0.0553. The molecule has 0 aliphatic carbocycles. The van der Waals surface area contributed by atoms with Gasteiger partial charge in [0.25, 0.3) is 0 Å². The number of hydrogen-bond donors (Lipinski definition) is 0. The number of ether oxygens (including phenoxy) is 2. The first kappa shape index (κ1) is 18.7. The van der Waals surface area contributed by atoms with Gasteiger partial charge in [-0.05, 0) is 65.2 Å². The molecule has 0 bridgehead atoms. The van der Waals surface area contributed by atoms with Crippen molar-refractivity contribution < 1.29 is 18.7 Å². The topological polar surface area (TPSA) is 38.8 Å². The van der Waals surface area contributed by atoms with Gasteiger partial charge in [0.2, 0.25) is 0 Å². The molecule has 1 heterocycles. The van der Waals surface area contributed by atoms with Crippen molar-refractivity contribution >= 4 is 6.09 Å². The van der Waals surface area contributed by atoms with Crippen molar-refractivity contribution in [1.29, 1.82) is 0 Å². The van der Waals surface area contributed by atoms with E-state index in [1.807, 2.05) is 40.7 Å². The molecule has 1 aliphatic heterocycles. The third kappa shape index (κ3) is 4.07. The van der Waals surface area contributed by atoms with Crippen LogP contribution in [0, 0.1) is 5.82 Å². The Labute approximate surface area is 143 Å². The van der Waals surface area contributed by atoms with Gasteiger partial charge in [0, 0.05) is 7.11 Å². The fourth-order valence-corrected chi connectivity index (χ4v) is 3.24. The average molecular weight is 337 g/mol. The number of rotatable bonds is 3. The minimum atomic E-state index is -0.589. The quantitative estimate of drug-likeness (QED) is 0.803. The second kappa shape index (κ2) is 6.71. The lowest BCUT2D eigenvalue weighted by Crippen LogP contribution is -2.51. The Bertz CT molecular complexity index is 595. The molecule has 2 atom stereocenters. The van der Waals surface area contributed by atoms with Crippen molar-refractivity contribution in [3.8, 4) is 0 Å². The lowest BCUT2D eigenvalue weighted by atomic mass is 9.96. The fourth-order valence-electron chi connectivity index (χ4n) is 3.24. The lowest BCUT2D eigenvalue weighted by Gasteiger charge is -2.39. The summed E-state index contributed by atoms with van der Waals surface area (Å²) in [7, 11) is 1.64. The smallest absolute Gasteiger partial charge is 0.411 e. The SMILES string of the molecule is COC(C)(C)[C@H]1CC[C@@H](c2cccc(F)c2)N1C(=O)OC(C)(C)C. The van der Waals surface area contributed by atoms with Crippen molar-refractivity contribution in [3.63, 3.8) is 0 Å². The zero-order valence-electron chi connectivity index (χ0n) is 15.4. The summed E-state index contributed by atoms with van der Waals surface area (Å²) in [5.41, 5.74) is -0.317. The maximum atomic E-state index is 13.7. The Morgan fingerprint density at radius 1 is 1.21 bits per heavy atom. The molecule has 0 aromatic heterocycles. The predicted octanol–water partition coefficient (Wildman–Crippen LogP) is 4.69. The summed E-state index contributed by atoms with van der Waals surface area (Å²) in [6.07, 6.45) is 1.14. The number of nitrogens with zero attached hydrogens (tertiary/aromatic N) is 1. The van der Waals surface area contributed by atoms with Gasteiger partial charge in [-0.1, -0.05) is 12.1 Å². The van der Waals surface area contributed by atoms with E-state index in [-0.39, 0.29) is 24.0 Å². The molecule has 4 nitrogen and oxygen atoms in total. The van der Waals surface area contributed by atoms with Crippen LogP contribution in [0.3, 0.4) is 0 Å². The number of halogens is 1. The summed E-state index contributed by atoms with van der Waals surface area (Å²) in [6.45, 7) is 9.45. The third-order valence-electron chi connectivity index (χ3n) is 4.55. The van der Waals surface area contributed by atoms with Gasteiger partial charge in [-0.25, -0.2) is 9.18 Å². The minimum Gasteiger partial charge on any atom is -0.444 e. The van der Waals surface area contributed by atoms with Crippen LogP contribution in [0.1, 0.15) is 59.1 Å². The van der Waals surface area contributed by atoms with Gasteiger partial charge < -0.3 is 9.47 Å². The molecule has 0 unspecified atom stereocenters. The molecule has 1 fully saturated rings. The second-order valence-electron chi connectivity index (χ2n) is 7.86. The Morgan fingerprint density at radius 2 is 1.88 bits per heavy atom. The van der Waals surface area contributed by atoms with E-state index in [9.17, 15) is 9.18 Å². The predicted molar refractivity (Wildman–Crippen MR) is 91.3 cm³/mol. The zero-order valence-corrected chi connectivity index (χ0v) is 15.4. The number of likely N-dealkylation sites (tertiary alicyclic amines) is 1. The van der Waals surface area contributed by atoms with Crippen LogP contribution in [0.5, 0.6) is 0 Å². The first-order valence-corrected chi connectivity index (χ1v) is 8.37. The monoisotopic (exact) mass is 337 g/mol. The highest BCUT2D eigenvalue weighted by atomic mass is 19.1. The molecular formula is C19H28FNO3. The number of methoxy groups -OCH3 is 1. The molecule has 1 saturated heterocycles. The summed E-state index contributed by atoms with van der Waals surface area (Å²) < 4.78 is 24.9. The van der Waals surface area contributed by atoms with Gasteiger partial charge in [0.15, 0.2) is 0 Å². The highest BCUT2D eigenvalue weighted by Crippen LogP contribution is 2.42. The molecule has 1 aromatic rings. The van der Waals surface area contributed by atoms with E-state index in [4.69, 9.17) is 9.47 Å². The van der Waals surface area contributed by atoms with E-state index in [1.54, 1.807) is 18.1 Å². The average Bonchev–Trinajstić information content (AvgIpc) is 2.91. The van der Waals surface area contributed by atoms with Crippen LogP contribution in [0.2, 0.25) is 0 Å². The van der Waals surface area contributed by atoms with E-state index in [0.717, 1.165) is 18.4 Å². The highest BCUT2D eigenvalue weighted by molar-refractivity contribution is 5.70. The van der Waals surface area contributed by atoms with Crippen LogP contribution in [0.15, 0.2) is 24.3 Å². The fraction of sp³-hybridized carbons (Fsp3) is 0.632. The molecule has 1 aliphatic rings. The van der Waals surface area contributed by atoms with Gasteiger partial charge in [-0.3, -0.25) is 4.90 Å². The Balaban J connectivity index is 2.38. The van der Waals surface area contributed by atoms with Crippen LogP contribution in [-0.4, -0.2) is 35.3 Å². The Kier molecular flexibility index (Phi) is 5.23. The third-order valence-corrected chi connectivity index (χ3v) is 4.55. The van der Waals surface area contributed by atoms with E-state index >= 15 is 0 Å². The summed E-state index contributed by atoms with van der Waals surface area (Å²) in [6, 6.07) is 6.08. The van der Waals surface area contributed by atoms with Crippen LogP contribution < -0.4 is 0 Å². The molecular weight excluding hydrogens is 309 g/mol. The first-order chi connectivity index (χ1) is 11.0. The van der Waals surface area contributed by atoms with Crippen LogP contribution in [-0.2, 0) is 9.47 Å². The Hall–Kier alpha value is -1.62. The van der Waals surface area contributed by atoms with Crippen LogP contribution >= 0.6 is 0 Å². The Morgan fingerprint density at radius 3 is 2.42 bits per heavy atom. The molecule has 24 heavy (non-hydrogen) atoms. The maximum absolute atomic E-state index is 13.7. The van der Waals surface area contributed by atoms with Gasteiger partial charge in [-0.15, -0.1) is 0 Å². The number of benzene rings is 1. The van der Waals surface area contributed by atoms with E-state index in [0.29, 0.717) is 0 Å². The van der Waals surface area contributed by atoms with Crippen LogP contribution in [0.4, 0.5) is 9.18 Å². The van der Waals surface area contributed by atoms with Gasteiger partial charge in [-0.2, -0.15) is 0 Å². The molecule has 1 amide bonds. The van der Waals surface area contributed by atoms with Gasteiger partial charge in [0.05, 0.1) is 17.7 Å². The number of carbonyl (C=O) groups is 1. The molecule has 2 rings (SSSR count). The summed E-state index contributed by atoms with van der Waals surface area (Å²) in [5.74, 6) is -0.300. The van der Waals surface area contributed by atoms with Gasteiger partial charge >= 0.3 is 6.09 Å². The van der Waals surface area contributed by atoms with Crippen molar-refractivity contribution in [2.45, 2.75) is 70.7 Å². The van der Waals surface area contributed by atoms with E-state index in [2.05, 4.69) is 0 Å². The molecule has 0 radical (unpaired) electrons. The number of amides is 1. The van der Waals surface area contributed by atoms with Crippen LogP contribution in [0.25, 0.3) is 0 Å². The number of carbonyl (C=O) groups excluding carboxylic acids is 1. The van der Waals surface area contributed by atoms with Crippen molar-refractivity contribution in [2.24, 2.45) is 0 Å². The number of hydrogen-bond acceptors (Lipinski definition) is 3. The standard InChI is InChI=1S/C19H28FNO3/c1-18(2,3)24-17(22)21-15(13-8-7-9-14(20)12-13)10-11-16(21)19(4,5)23-6/h7-9,12,15-16H,10-11H2,1-6H3/t15-,16+/m0/s1. The highest BCUT2D eigenvalue weighted by Gasteiger charge is 2.47. The largest absolute Gasteiger partial charge is 0.444 e. The summed E-state index contributed by atoms with van der Waals surface area (Å²) in [4.78, 5) is 14.6. The van der Waals surface area contributed by atoms with E-state index in [1.165, 1.54) is 12.1 Å². The normalized spacial score (nSPS) is 21.9. The molecule has 0 saturated carbocycles. The summed E-state index contributed by atoms with van der Waals surface area (Å²) in [5, 5.41) is 0. The van der Waals surface area contributed by atoms with Crippen molar-refractivity contribution in [1.82, 2.24) is 4.90 Å². The maximum Gasteiger partial charge on any atom is 0.411 e. The van der Waals surface area contributed by atoms with E-state index < -0.39 is 11.2 Å². The first-order valence-electron chi connectivity index (χ1n) is 8.37. The molecule has 0 spiro atoms. The molecule has 0 N–H and O–H groups in total. The molecule has 134 valence electrons. The zero-order chi connectivity index (χ0) is 18.1. The van der Waals surface area contributed by atoms with Gasteiger partial charge in [0.1, 0.15) is 11.4 Å². The summed E-state index contributed by atoms with van der Waals surface area (Å²) >= 11 is 0. The van der Waals surface area contributed by atoms with Crippen molar-refractivity contribution in [2.75, 3.05) is 7.11 Å². The minimum absolute atomic E-state index is 0.134. The molecule has 5 heteroatoms. The van der Waals surface area contributed by atoms with Crippen molar-refractivity contribution in [3.05, 3.63) is 35.6 Å².